The fourth-order valence-corrected chi connectivity index (χ4v) is 3.58. The molecule has 0 aliphatic rings. The van der Waals surface area contributed by atoms with Crippen LogP contribution < -0.4 is 9.47 Å². The highest BCUT2D eigenvalue weighted by atomic mass is 16.7. The molecule has 3 aromatic rings. The van der Waals surface area contributed by atoms with Crippen LogP contribution in [0, 0.1) is 25.7 Å². The Morgan fingerprint density at radius 2 is 1.03 bits per heavy atom. The Balaban J connectivity index is 2.05. The summed E-state index contributed by atoms with van der Waals surface area (Å²) in [5.74, 6) is 1.58. The van der Waals surface area contributed by atoms with Gasteiger partial charge in [0.2, 0.25) is 0 Å². The Labute approximate surface area is 201 Å². The summed E-state index contributed by atoms with van der Waals surface area (Å²) in [6.07, 6.45) is -0.0135. The van der Waals surface area contributed by atoms with Gasteiger partial charge in [-0.3, -0.25) is 0 Å². The van der Waals surface area contributed by atoms with Gasteiger partial charge in [0, 0.05) is 21.5 Å². The number of hydrogen-bond acceptors (Lipinski definition) is 6. The Morgan fingerprint density at radius 1 is 0.647 bits per heavy atom. The van der Waals surface area contributed by atoms with E-state index in [0.717, 1.165) is 24.0 Å². The minimum Gasteiger partial charge on any atom is -0.434 e. The van der Waals surface area contributed by atoms with Crippen molar-refractivity contribution in [1.82, 2.24) is 0 Å². The average Bonchev–Trinajstić information content (AvgIpc) is 2.75. The second-order valence-electron chi connectivity index (χ2n) is 9.52. The summed E-state index contributed by atoms with van der Waals surface area (Å²) in [7, 11) is 0. The van der Waals surface area contributed by atoms with E-state index in [2.05, 4.69) is 27.7 Å². The van der Waals surface area contributed by atoms with Crippen LogP contribution in [0.25, 0.3) is 21.5 Å². The molecule has 34 heavy (non-hydrogen) atoms. The molecule has 0 atom stereocenters. The maximum atomic E-state index is 12.5. The molecule has 0 saturated heterocycles. The average molecular weight is 467 g/mol. The highest BCUT2D eigenvalue weighted by Crippen LogP contribution is 2.43. The van der Waals surface area contributed by atoms with Gasteiger partial charge >= 0.3 is 12.3 Å². The lowest BCUT2D eigenvalue weighted by Gasteiger charge is -2.17. The van der Waals surface area contributed by atoms with Crippen LogP contribution in [0.3, 0.4) is 0 Å². The van der Waals surface area contributed by atoms with E-state index in [1.54, 1.807) is 0 Å². The van der Waals surface area contributed by atoms with E-state index in [-0.39, 0.29) is 13.2 Å². The SMILES string of the molecule is Cc1ccc2c(OC(=O)OCCC(C)C)c3cc(C)ccc3c(OC(=O)OCCC(C)C)c2c1. The first-order valence-corrected chi connectivity index (χ1v) is 11.8. The molecule has 0 aliphatic heterocycles. The Kier molecular flexibility index (Phi) is 8.37. The molecule has 3 rings (SSSR count). The van der Waals surface area contributed by atoms with Crippen molar-refractivity contribution in [3.05, 3.63) is 47.5 Å². The predicted molar refractivity (Wildman–Crippen MR) is 134 cm³/mol. The zero-order valence-corrected chi connectivity index (χ0v) is 20.9. The summed E-state index contributed by atoms with van der Waals surface area (Å²) in [4.78, 5) is 25.0. The van der Waals surface area contributed by atoms with E-state index in [9.17, 15) is 9.59 Å². The highest BCUT2D eigenvalue weighted by Gasteiger charge is 2.22. The molecule has 182 valence electrons. The normalized spacial score (nSPS) is 11.3. The van der Waals surface area contributed by atoms with Gasteiger partial charge in [0.05, 0.1) is 13.2 Å². The number of ether oxygens (including phenoxy) is 4. The zero-order valence-electron chi connectivity index (χ0n) is 20.9. The number of rotatable bonds is 8. The van der Waals surface area contributed by atoms with Gasteiger partial charge in [-0.15, -0.1) is 0 Å². The third kappa shape index (κ3) is 6.40. The van der Waals surface area contributed by atoms with Gasteiger partial charge in [-0.2, -0.15) is 0 Å². The van der Waals surface area contributed by atoms with Crippen molar-refractivity contribution in [2.24, 2.45) is 11.8 Å². The maximum Gasteiger partial charge on any atom is 0.513 e. The molecule has 0 aliphatic carbocycles. The van der Waals surface area contributed by atoms with Crippen LogP contribution in [-0.2, 0) is 9.47 Å². The first kappa shape index (κ1) is 25.3. The maximum absolute atomic E-state index is 12.5. The molecule has 0 saturated carbocycles. The lowest BCUT2D eigenvalue weighted by molar-refractivity contribution is 0.0940. The van der Waals surface area contributed by atoms with Crippen LogP contribution >= 0.6 is 0 Å². The van der Waals surface area contributed by atoms with E-state index in [4.69, 9.17) is 18.9 Å². The monoisotopic (exact) mass is 466 g/mol. The van der Waals surface area contributed by atoms with E-state index < -0.39 is 12.3 Å². The van der Waals surface area contributed by atoms with E-state index in [1.807, 2.05) is 50.2 Å². The van der Waals surface area contributed by atoms with Crippen molar-refractivity contribution in [1.29, 1.82) is 0 Å². The number of aryl methyl sites for hydroxylation is 2. The molecular formula is C28H34O6. The van der Waals surface area contributed by atoms with Crippen molar-refractivity contribution >= 4 is 33.9 Å². The molecule has 0 spiro atoms. The molecule has 0 N–H and O–H groups in total. The van der Waals surface area contributed by atoms with E-state index >= 15 is 0 Å². The largest absolute Gasteiger partial charge is 0.513 e. The van der Waals surface area contributed by atoms with Crippen LogP contribution in [0.1, 0.15) is 51.7 Å². The first-order valence-electron chi connectivity index (χ1n) is 11.8. The standard InChI is InChI=1S/C28H34O6/c1-17(2)11-13-31-27(29)33-25-21-9-7-20(6)16-24(21)26(22-10-8-19(5)15-23(22)25)34-28(30)32-14-12-18(3)4/h7-10,15-18H,11-14H2,1-6H3. The Bertz CT molecular complexity index is 1090. The first-order chi connectivity index (χ1) is 16.2. The molecule has 0 aromatic heterocycles. The van der Waals surface area contributed by atoms with Gasteiger partial charge in [0.1, 0.15) is 11.5 Å². The van der Waals surface area contributed by atoms with Crippen LogP contribution in [0.4, 0.5) is 9.59 Å². The Hall–Kier alpha value is -3.28. The number of hydrogen-bond donors (Lipinski definition) is 0. The smallest absolute Gasteiger partial charge is 0.434 e. The molecule has 0 amide bonds. The Morgan fingerprint density at radius 3 is 1.38 bits per heavy atom. The zero-order chi connectivity index (χ0) is 24.8. The third-order valence-corrected chi connectivity index (χ3v) is 5.53. The molecule has 0 heterocycles. The fourth-order valence-electron chi connectivity index (χ4n) is 3.58. The number of carbonyl (C=O) groups excluding carboxylic acids is 2. The summed E-state index contributed by atoms with van der Waals surface area (Å²) in [5.41, 5.74) is 1.95. The van der Waals surface area contributed by atoms with Gasteiger partial charge in [-0.05, 0) is 50.7 Å². The number of fused-ring (bicyclic) bond motifs is 2. The quantitative estimate of drug-likeness (QED) is 0.192. The number of carbonyl (C=O) groups is 2. The van der Waals surface area contributed by atoms with E-state index in [1.165, 1.54) is 0 Å². The minimum atomic E-state index is -0.757. The van der Waals surface area contributed by atoms with Crippen molar-refractivity contribution in [3.8, 4) is 11.5 Å². The molecule has 3 aromatic carbocycles. The number of benzene rings is 3. The van der Waals surface area contributed by atoms with Gasteiger partial charge in [-0.1, -0.05) is 63.1 Å². The molecule has 6 nitrogen and oxygen atoms in total. The summed E-state index contributed by atoms with van der Waals surface area (Å²) in [6, 6.07) is 11.4. The van der Waals surface area contributed by atoms with Crippen LogP contribution in [0.2, 0.25) is 0 Å². The molecule has 0 fully saturated rings. The lowest BCUT2D eigenvalue weighted by Crippen LogP contribution is -2.14. The van der Waals surface area contributed by atoms with E-state index in [0.29, 0.717) is 44.9 Å². The molecule has 6 heteroatoms. The third-order valence-electron chi connectivity index (χ3n) is 5.53. The highest BCUT2D eigenvalue weighted by molar-refractivity contribution is 6.12. The second-order valence-corrected chi connectivity index (χ2v) is 9.52. The minimum absolute atomic E-state index is 0.286. The van der Waals surface area contributed by atoms with Crippen molar-refractivity contribution < 1.29 is 28.5 Å². The van der Waals surface area contributed by atoms with Gasteiger partial charge in [-0.25, -0.2) is 9.59 Å². The summed E-state index contributed by atoms with van der Waals surface area (Å²) in [5, 5.41) is 2.60. The summed E-state index contributed by atoms with van der Waals surface area (Å²) >= 11 is 0. The fraction of sp³-hybridized carbons (Fsp3) is 0.429. The molecule has 0 radical (unpaired) electrons. The van der Waals surface area contributed by atoms with Gasteiger partial charge < -0.3 is 18.9 Å². The summed E-state index contributed by atoms with van der Waals surface area (Å²) < 4.78 is 22.1. The van der Waals surface area contributed by atoms with Crippen molar-refractivity contribution in [2.75, 3.05) is 13.2 Å². The van der Waals surface area contributed by atoms with Crippen LogP contribution in [0.15, 0.2) is 36.4 Å². The topological polar surface area (TPSA) is 71.1 Å². The molecule has 0 unspecified atom stereocenters. The lowest BCUT2D eigenvalue weighted by atomic mass is 9.98. The van der Waals surface area contributed by atoms with Gasteiger partial charge in [0.25, 0.3) is 0 Å². The van der Waals surface area contributed by atoms with Crippen molar-refractivity contribution in [2.45, 2.75) is 54.4 Å². The van der Waals surface area contributed by atoms with Crippen molar-refractivity contribution in [3.63, 3.8) is 0 Å². The predicted octanol–water partition coefficient (Wildman–Crippen LogP) is 7.73. The van der Waals surface area contributed by atoms with Gasteiger partial charge in [0.15, 0.2) is 0 Å². The molecular weight excluding hydrogens is 432 g/mol. The molecule has 0 bridgehead atoms. The van der Waals surface area contributed by atoms with Crippen LogP contribution in [0.5, 0.6) is 11.5 Å². The second kappa shape index (κ2) is 11.2. The summed E-state index contributed by atoms with van der Waals surface area (Å²) in [6.45, 7) is 12.7. The van der Waals surface area contributed by atoms with Crippen LogP contribution in [-0.4, -0.2) is 25.5 Å².